The molecule has 9 nitrogen and oxygen atoms in total. The number of fused-ring (bicyclic) bond motifs is 4. The van der Waals surface area contributed by atoms with E-state index in [0.29, 0.717) is 53.0 Å². The van der Waals surface area contributed by atoms with Gasteiger partial charge in [0, 0.05) is 68.4 Å². The summed E-state index contributed by atoms with van der Waals surface area (Å²) >= 11 is 0. The quantitative estimate of drug-likeness (QED) is 0.0267. The van der Waals surface area contributed by atoms with Gasteiger partial charge in [-0.05, 0) is 244 Å². The molecule has 2 N–H and O–H groups in total. The van der Waals surface area contributed by atoms with Crippen molar-refractivity contribution < 1.29 is 64.0 Å². The first-order chi connectivity index (χ1) is 61.2. The average Bonchev–Trinajstić information content (AvgIpc) is 0.806. The summed E-state index contributed by atoms with van der Waals surface area (Å²) in [6.07, 6.45) is 8.02. The molecule has 0 heterocycles. The number of ether oxygens (including phenoxy) is 4. The summed E-state index contributed by atoms with van der Waals surface area (Å²) in [5, 5.41) is 30.1. The molecule has 0 saturated heterocycles. The minimum Gasteiger partial charge on any atom is -0.496 e. The number of aliphatic carboxylic acids is 1. The molecule has 16 aromatic rings. The molecular weight excluding hydrogens is 1670 g/mol. The number of hydrogen-bond acceptors (Lipinski definition) is 8. The zero-order valence-corrected chi connectivity index (χ0v) is 77.2. The molecule has 0 aliphatic rings. The summed E-state index contributed by atoms with van der Waals surface area (Å²) in [6.45, 7) is 16.9. The molecule has 0 aliphatic carbocycles. The zero-order chi connectivity index (χ0) is 88.6. The first-order valence-electron chi connectivity index (χ1n) is 43.8. The zero-order valence-electron chi connectivity index (χ0n) is 75.7. The molecule has 16 aromatic carbocycles. The fourth-order valence-corrected chi connectivity index (χ4v) is 17.0. The van der Waals surface area contributed by atoms with E-state index < -0.39 is 18.7 Å². The third kappa shape index (κ3) is 25.0. The summed E-state index contributed by atoms with van der Waals surface area (Å²) in [5.41, 5.74) is 22.1. The molecule has 128 heavy (non-hydrogen) atoms. The van der Waals surface area contributed by atoms with Crippen LogP contribution >= 0.6 is 0 Å². The molecule has 0 aliphatic heterocycles. The Morgan fingerprint density at radius 2 is 0.656 bits per heavy atom. The molecule has 1 atom stereocenters. The molecule has 10 heteroatoms. The van der Waals surface area contributed by atoms with E-state index in [9.17, 15) is 19.5 Å². The smallest absolute Gasteiger partial charge is 0.341 e. The predicted molar refractivity (Wildman–Crippen MR) is 526 cm³/mol. The van der Waals surface area contributed by atoms with Gasteiger partial charge >= 0.3 is 5.97 Å². The summed E-state index contributed by atoms with van der Waals surface area (Å²) < 4.78 is 22.6. The normalized spacial score (nSPS) is 11.1. The summed E-state index contributed by atoms with van der Waals surface area (Å²) in [5.74, 6) is 3.64. The second kappa shape index (κ2) is 46.4. The standard InChI is InChI=1S/C30H28O4.2C29H28O2.C29H30O.CH3.Pd/c1-20(2)16-22-9-4-6-13-27(22)30(33)24-14-15-28(34-19-29(31)32)25(18-24)17-23-11-7-10-21-8-3-5-12-26(21)23;2*1-20(2)17-22-10-5-7-14-27(22)29(30)24-15-16-28(31-3)25(19-24)18-23-12-8-11-21-9-4-6-13-26(21)23;1-21(2)17-24-10-4-5-11-25(24)18-22-15-16-29(30-3)27(19-22)20-26-13-8-12-23-9-6-7-14-28(23)26;;/h3-15,18,20H,16-17,19H2,1-2H3,(H,31,32);4-16,19-20H,17-18H2,1-3H3;4-17,19,29-30H,18H2,1-3H3;4-16,19,21H,17-18,20H2,1-3H3;1H3;/q;;;;-1;. The van der Waals surface area contributed by atoms with Gasteiger partial charge < -0.3 is 36.6 Å². The number of ketones is 2. The van der Waals surface area contributed by atoms with Crippen LogP contribution in [0.5, 0.6) is 23.0 Å². The van der Waals surface area contributed by atoms with Crippen LogP contribution < -0.4 is 18.9 Å². The SMILES string of the molecule is CC(C)Cc1ccccc1C(=O)c1ccc(OCC(=O)O)c(Cc2cccc3ccccc23)c1.COc1ccc(C(=O)c2ccccc2CC(C)C)cc1Cc1cccc2ccccc12.COc1ccc(C(O)c2ccccc2C=C(C)C)cc1Cc1cccc2ccccc12.COc1ccc(Cc2ccccc2CC(C)C)cc1Cc1cccc2ccccc12.[CH3-].[Pd]. The molecule has 16 rings (SSSR count). The number of aliphatic hydroxyl groups is 1. The maximum absolute atomic E-state index is 13.5. The van der Waals surface area contributed by atoms with Crippen LogP contribution in [0.4, 0.5) is 0 Å². The first-order valence-corrected chi connectivity index (χ1v) is 43.8. The average molecular weight is 1790 g/mol. The Hall–Kier alpha value is -13.1. The minimum atomic E-state index is -1.04. The van der Waals surface area contributed by atoms with E-state index in [1.54, 1.807) is 33.5 Å². The first kappa shape index (κ1) is 95.6. The third-order valence-electron chi connectivity index (χ3n) is 22.9. The summed E-state index contributed by atoms with van der Waals surface area (Å²) in [4.78, 5) is 38.1. The van der Waals surface area contributed by atoms with Crippen molar-refractivity contribution >= 4 is 66.7 Å². The van der Waals surface area contributed by atoms with Gasteiger partial charge in [0.2, 0.25) is 0 Å². The van der Waals surface area contributed by atoms with Gasteiger partial charge in [-0.2, -0.15) is 0 Å². The Morgan fingerprint density at radius 3 is 1.08 bits per heavy atom. The van der Waals surface area contributed by atoms with Crippen molar-refractivity contribution in [2.24, 2.45) is 17.8 Å². The molecule has 0 aromatic heterocycles. The molecule has 0 spiro atoms. The molecule has 0 saturated carbocycles. The van der Waals surface area contributed by atoms with E-state index in [1.165, 1.54) is 76.8 Å². The van der Waals surface area contributed by atoms with Crippen LogP contribution in [0.25, 0.3) is 49.2 Å². The van der Waals surface area contributed by atoms with Crippen molar-refractivity contribution in [2.75, 3.05) is 27.9 Å². The third-order valence-corrected chi connectivity index (χ3v) is 22.9. The van der Waals surface area contributed by atoms with Gasteiger partial charge in [-0.1, -0.05) is 338 Å². The number of methoxy groups -OCH3 is 3. The molecule has 1 unspecified atom stereocenters. The van der Waals surface area contributed by atoms with Gasteiger partial charge in [0.05, 0.1) is 21.3 Å². The Labute approximate surface area is 770 Å². The van der Waals surface area contributed by atoms with E-state index >= 15 is 0 Å². The van der Waals surface area contributed by atoms with Crippen molar-refractivity contribution in [2.45, 2.75) is 113 Å². The number of rotatable bonds is 29. The molecule has 0 fully saturated rings. The number of carboxylic acids is 1. The second-order valence-electron chi connectivity index (χ2n) is 34.0. The number of aliphatic hydroxyl groups excluding tert-OH is 1. The van der Waals surface area contributed by atoms with Crippen molar-refractivity contribution in [1.82, 2.24) is 0 Å². The van der Waals surface area contributed by atoms with Crippen molar-refractivity contribution in [3.63, 3.8) is 0 Å². The van der Waals surface area contributed by atoms with E-state index in [1.807, 2.05) is 121 Å². The summed E-state index contributed by atoms with van der Waals surface area (Å²) in [7, 11) is 5.14. The maximum Gasteiger partial charge on any atom is 0.341 e. The van der Waals surface area contributed by atoms with Gasteiger partial charge in [0.25, 0.3) is 0 Å². The van der Waals surface area contributed by atoms with E-state index in [0.717, 1.165) is 122 Å². The van der Waals surface area contributed by atoms with Gasteiger partial charge in [0.15, 0.2) is 18.2 Å². The number of benzene rings is 16. The van der Waals surface area contributed by atoms with E-state index in [2.05, 4.69) is 268 Å². The van der Waals surface area contributed by atoms with Crippen LogP contribution in [0.15, 0.2) is 345 Å². The second-order valence-corrected chi connectivity index (χ2v) is 34.0. The fraction of sp³-hybridized carbons (Fsp3) is 0.203. The van der Waals surface area contributed by atoms with Gasteiger partial charge in [-0.3, -0.25) is 9.59 Å². The van der Waals surface area contributed by atoms with Gasteiger partial charge in [-0.25, -0.2) is 4.79 Å². The monoisotopic (exact) mass is 1780 g/mol. The van der Waals surface area contributed by atoms with Crippen molar-refractivity contribution in [3.8, 4) is 23.0 Å². The number of carbonyl (C=O) groups is 3. The van der Waals surface area contributed by atoms with Crippen molar-refractivity contribution in [3.05, 3.63) is 464 Å². The Balaban J connectivity index is 0.000000165. The largest absolute Gasteiger partial charge is 0.496 e. The molecule has 654 valence electrons. The molecule has 0 bridgehead atoms. The predicted octanol–water partition coefficient (Wildman–Crippen LogP) is 27.8. The van der Waals surface area contributed by atoms with Gasteiger partial charge in [0.1, 0.15) is 29.1 Å². The molecular formula is C118H117O9Pd-. The number of hydrogen-bond donors (Lipinski definition) is 2. The number of carbonyl (C=O) groups excluding carboxylic acids is 2. The van der Waals surface area contributed by atoms with Crippen LogP contribution in [0.1, 0.15) is 182 Å². The van der Waals surface area contributed by atoms with E-state index in [-0.39, 0.29) is 39.4 Å². The van der Waals surface area contributed by atoms with Crippen molar-refractivity contribution in [1.29, 1.82) is 0 Å². The maximum atomic E-state index is 13.5. The van der Waals surface area contributed by atoms with Crippen LogP contribution in [0.3, 0.4) is 0 Å². The molecule has 0 amide bonds. The Morgan fingerprint density at radius 1 is 0.328 bits per heavy atom. The van der Waals surface area contributed by atoms with Gasteiger partial charge in [-0.15, -0.1) is 0 Å². The number of allylic oxidation sites excluding steroid dienone is 1. The van der Waals surface area contributed by atoms with Crippen LogP contribution in [-0.4, -0.2) is 55.7 Å². The minimum absolute atomic E-state index is 0. The summed E-state index contributed by atoms with van der Waals surface area (Å²) in [6, 6.07) is 115. The fourth-order valence-electron chi connectivity index (χ4n) is 17.0. The Bertz CT molecular complexity index is 6480. The van der Waals surface area contributed by atoms with Crippen LogP contribution in [0.2, 0.25) is 0 Å². The Kier molecular flexibility index (Phi) is 34.7. The van der Waals surface area contributed by atoms with E-state index in [4.69, 9.17) is 24.1 Å². The molecule has 0 radical (unpaired) electrons. The van der Waals surface area contributed by atoms with Crippen LogP contribution in [0, 0.1) is 25.2 Å². The van der Waals surface area contributed by atoms with Crippen LogP contribution in [-0.2, 0) is 76.6 Å². The number of carboxylic acid groups (broad SMARTS) is 1. The topological polar surface area (TPSA) is 129 Å².